The summed E-state index contributed by atoms with van der Waals surface area (Å²) in [7, 11) is -8.20. The Morgan fingerprint density at radius 3 is 0.833 bits per heavy atom. The van der Waals surface area contributed by atoms with Gasteiger partial charge in [-0.15, -0.1) is 0 Å². The van der Waals surface area contributed by atoms with Crippen molar-refractivity contribution in [3.05, 3.63) is 95.1 Å². The second kappa shape index (κ2) is 15.2. The van der Waals surface area contributed by atoms with E-state index in [1.807, 2.05) is 0 Å². The smallest absolute Gasteiger partial charge is 0.206 e. The molecule has 0 saturated heterocycles. The molecule has 280 valence electrons. The molecule has 14 heteroatoms. The van der Waals surface area contributed by atoms with E-state index in [1.165, 1.54) is 97.7 Å². The van der Waals surface area contributed by atoms with E-state index in [0.29, 0.717) is 25.7 Å². The molecular weight excluding hydrogens is 729 g/mol. The number of rotatable bonds is 0. The van der Waals surface area contributed by atoms with E-state index >= 15 is 0 Å². The third-order valence-corrected chi connectivity index (χ3v) is 13.7. The van der Waals surface area contributed by atoms with Crippen molar-refractivity contribution in [3.63, 3.8) is 0 Å². The lowest BCUT2D eigenvalue weighted by Gasteiger charge is -2.25. The molecule has 54 heavy (non-hydrogen) atoms. The number of benzene rings is 4. The highest BCUT2D eigenvalue weighted by Gasteiger charge is 2.27. The first-order valence-electron chi connectivity index (χ1n) is 17.8. The Morgan fingerprint density at radius 2 is 0.611 bits per heavy atom. The Bertz CT molecular complexity index is 2100. The Balaban J connectivity index is 1.34. The molecule has 2 aliphatic carbocycles. The van der Waals surface area contributed by atoms with E-state index in [0.717, 1.165) is 25.7 Å². The zero-order valence-electron chi connectivity index (χ0n) is 29.2. The lowest BCUT2D eigenvalue weighted by Crippen LogP contribution is -2.27. The monoisotopic (exact) mass is 768 g/mol. The summed E-state index contributed by atoms with van der Waals surface area (Å²) >= 11 is 0. The molecule has 0 radical (unpaired) electrons. The zero-order valence-corrected chi connectivity index (χ0v) is 30.9. The van der Waals surface area contributed by atoms with Crippen molar-refractivity contribution in [2.75, 3.05) is 0 Å². The normalized spacial score (nSPS) is 23.6. The second-order valence-electron chi connectivity index (χ2n) is 13.8. The summed E-state index contributed by atoms with van der Waals surface area (Å²) in [6, 6.07) is 14.5. The van der Waals surface area contributed by atoms with Crippen LogP contribution in [0.3, 0.4) is 0 Å². The predicted molar refractivity (Wildman–Crippen MR) is 206 cm³/mol. The van der Waals surface area contributed by atoms with Gasteiger partial charge in [0.05, 0.1) is 43.7 Å². The standard InChI is InChI=1S/C40H40N4O8S2/c45-37-13-9-29-17-25(37)21-41-33-5-1-2-6-34(33)42-22-26-18-30(10-14-38(26)46)54(51,52)32-12-16-40(48)28(20-32)24-44-36-8-4-3-7-35(36)43-23-27-19-31(53(29,49)50)11-15-39(27)47/h9-24,33-36,45-48H,1-8H2/t33-,34-,35-,36-/m1/s1. The summed E-state index contributed by atoms with van der Waals surface area (Å²) < 4.78 is 55.5. The number of nitrogens with zero attached hydrogens (tertiary/aromatic N) is 4. The molecular formula is C40H40N4O8S2. The summed E-state index contributed by atoms with van der Waals surface area (Å²) in [5, 5.41) is 42.8. The Hall–Kier alpha value is -5.34. The maximum absolute atomic E-state index is 13.9. The van der Waals surface area contributed by atoms with Crippen LogP contribution in [0, 0.1) is 0 Å². The van der Waals surface area contributed by atoms with Gasteiger partial charge in [0.15, 0.2) is 0 Å². The van der Waals surface area contributed by atoms with Gasteiger partial charge in [0, 0.05) is 47.1 Å². The summed E-state index contributed by atoms with van der Waals surface area (Å²) in [5.41, 5.74) is 0.790. The molecule has 0 spiro atoms. The summed E-state index contributed by atoms with van der Waals surface area (Å²) in [6.45, 7) is 0. The first-order chi connectivity index (χ1) is 25.9. The number of hydrogen-bond acceptors (Lipinski definition) is 12. The van der Waals surface area contributed by atoms with Crippen molar-refractivity contribution in [2.24, 2.45) is 20.0 Å². The fraction of sp³-hybridized carbons (Fsp3) is 0.300. The van der Waals surface area contributed by atoms with E-state index in [9.17, 15) is 37.3 Å². The van der Waals surface area contributed by atoms with Crippen LogP contribution >= 0.6 is 0 Å². The molecule has 1 aliphatic heterocycles. The van der Waals surface area contributed by atoms with E-state index in [4.69, 9.17) is 20.0 Å². The van der Waals surface area contributed by atoms with Crippen LogP contribution in [0.4, 0.5) is 0 Å². The topological polar surface area (TPSA) is 199 Å². The Kier molecular flexibility index (Phi) is 10.4. The van der Waals surface area contributed by atoms with Crippen molar-refractivity contribution in [2.45, 2.75) is 95.1 Å². The summed E-state index contributed by atoms with van der Waals surface area (Å²) in [4.78, 5) is 18.5. The van der Waals surface area contributed by atoms with Gasteiger partial charge in [-0.1, -0.05) is 25.7 Å². The van der Waals surface area contributed by atoms with Crippen LogP contribution < -0.4 is 0 Å². The van der Waals surface area contributed by atoms with Gasteiger partial charge < -0.3 is 20.4 Å². The van der Waals surface area contributed by atoms with Crippen molar-refractivity contribution >= 4 is 44.5 Å². The van der Waals surface area contributed by atoms with Crippen LogP contribution in [0.25, 0.3) is 0 Å². The van der Waals surface area contributed by atoms with Gasteiger partial charge in [0.25, 0.3) is 0 Å². The second-order valence-corrected chi connectivity index (χ2v) is 17.7. The molecule has 0 amide bonds. The molecule has 1 heterocycles. The number of phenols is 4. The molecule has 4 N–H and O–H groups in total. The van der Waals surface area contributed by atoms with Crippen LogP contribution in [-0.2, 0) is 19.7 Å². The van der Waals surface area contributed by atoms with Gasteiger partial charge in [0.2, 0.25) is 19.7 Å². The lowest BCUT2D eigenvalue weighted by molar-refractivity contribution is 0.390. The quantitative estimate of drug-likeness (QED) is 0.162. The largest absolute Gasteiger partial charge is 0.507 e. The molecule has 4 aromatic carbocycles. The third kappa shape index (κ3) is 7.66. The number of sulfone groups is 2. The van der Waals surface area contributed by atoms with Crippen LogP contribution in [0.2, 0.25) is 0 Å². The maximum atomic E-state index is 13.9. The first-order valence-corrected chi connectivity index (χ1v) is 20.8. The molecule has 2 saturated carbocycles. The average molecular weight is 769 g/mol. The third-order valence-electron chi connectivity index (χ3n) is 10.2. The number of hydrogen-bond donors (Lipinski definition) is 4. The van der Waals surface area contributed by atoms with E-state index in [2.05, 4.69) is 0 Å². The highest BCUT2D eigenvalue weighted by atomic mass is 32.2. The van der Waals surface area contributed by atoms with Crippen LogP contribution in [-0.4, -0.2) is 86.3 Å². The molecule has 12 nitrogen and oxygen atoms in total. The number of phenolic OH excluding ortho intramolecular Hbond substituents is 4. The fourth-order valence-corrected chi connectivity index (χ4v) is 9.73. The van der Waals surface area contributed by atoms with Crippen LogP contribution in [0.15, 0.2) is 112 Å². The summed E-state index contributed by atoms with van der Waals surface area (Å²) in [6.07, 6.45) is 11.9. The zero-order chi connectivity index (χ0) is 38.0. The molecule has 7 rings (SSSR count). The summed E-state index contributed by atoms with van der Waals surface area (Å²) in [5.74, 6) is -0.635. The van der Waals surface area contributed by atoms with Crippen molar-refractivity contribution < 1.29 is 37.3 Å². The van der Waals surface area contributed by atoms with Gasteiger partial charge in [-0.2, -0.15) is 0 Å². The minimum Gasteiger partial charge on any atom is -0.507 e. The molecule has 4 atom stereocenters. The SMILES string of the molecule is O=S1(=O)c2ccc(O)c(c2)C=N[C@@H]2CCCC[C@H]2N=Cc2cc(ccc2O)S(=O)(=O)c2ccc(O)c(c2)C=N[C@@H]2CCCC[C@H]2N=Cc2cc1ccc2O. The molecule has 8 bridgehead atoms. The van der Waals surface area contributed by atoms with Gasteiger partial charge in [-0.25, -0.2) is 16.8 Å². The molecule has 3 aliphatic rings. The fourth-order valence-electron chi connectivity index (χ4n) is 7.07. The minimum absolute atomic E-state index is 0.0747. The molecule has 4 aromatic rings. The van der Waals surface area contributed by atoms with Crippen molar-refractivity contribution in [1.82, 2.24) is 0 Å². The van der Waals surface area contributed by atoms with E-state index < -0.39 is 19.7 Å². The Morgan fingerprint density at radius 1 is 0.389 bits per heavy atom. The van der Waals surface area contributed by atoms with Crippen LogP contribution in [0.1, 0.15) is 73.6 Å². The van der Waals surface area contributed by atoms with Crippen molar-refractivity contribution in [1.29, 1.82) is 0 Å². The van der Waals surface area contributed by atoms with Gasteiger partial charge >= 0.3 is 0 Å². The molecule has 0 aromatic heterocycles. The van der Waals surface area contributed by atoms with Gasteiger partial charge in [-0.05, 0) is 98.5 Å². The Labute approximate surface area is 313 Å². The molecule has 0 unspecified atom stereocenters. The van der Waals surface area contributed by atoms with Crippen LogP contribution in [0.5, 0.6) is 23.0 Å². The minimum atomic E-state index is -4.10. The van der Waals surface area contributed by atoms with Gasteiger partial charge in [0.1, 0.15) is 23.0 Å². The number of fused-ring (bicyclic) bond motifs is 10. The number of aromatic hydroxyl groups is 4. The highest BCUT2D eigenvalue weighted by Crippen LogP contribution is 2.32. The highest BCUT2D eigenvalue weighted by molar-refractivity contribution is 7.91. The lowest BCUT2D eigenvalue weighted by atomic mass is 9.91. The predicted octanol–water partition coefficient (Wildman–Crippen LogP) is 6.19. The van der Waals surface area contributed by atoms with E-state index in [1.54, 1.807) is 0 Å². The van der Waals surface area contributed by atoms with Crippen molar-refractivity contribution in [3.8, 4) is 23.0 Å². The first kappa shape index (κ1) is 37.0. The number of aliphatic imine (C=N–C) groups is 4. The molecule has 2 fully saturated rings. The maximum Gasteiger partial charge on any atom is 0.206 e. The van der Waals surface area contributed by atoms with E-state index in [-0.39, 0.29) is 89.0 Å². The van der Waals surface area contributed by atoms with Gasteiger partial charge in [-0.3, -0.25) is 20.0 Å². The average Bonchev–Trinajstić information content (AvgIpc) is 3.16.